The van der Waals surface area contributed by atoms with E-state index < -0.39 is 0 Å². The van der Waals surface area contributed by atoms with Crippen molar-refractivity contribution in [2.45, 2.75) is 6.92 Å². The van der Waals surface area contributed by atoms with Crippen molar-refractivity contribution < 1.29 is 5.21 Å². The van der Waals surface area contributed by atoms with Gasteiger partial charge in [0.05, 0.1) is 10.2 Å². The first kappa shape index (κ1) is 7.34. The molecule has 4 heteroatoms. The van der Waals surface area contributed by atoms with Crippen molar-refractivity contribution in [3.63, 3.8) is 0 Å². The van der Waals surface area contributed by atoms with Gasteiger partial charge in [0.1, 0.15) is 0 Å². The number of hydrogen-bond acceptors (Lipinski definition) is 2. The molecule has 54 valence electrons. The molecule has 0 aromatic carbocycles. The van der Waals surface area contributed by atoms with Crippen molar-refractivity contribution in [2.24, 2.45) is 0 Å². The maximum absolute atomic E-state index is 10.8. The summed E-state index contributed by atoms with van der Waals surface area (Å²) in [6, 6.07) is 1.29. The Morgan fingerprint density at radius 3 is 2.80 bits per heavy atom. The third-order valence-corrected chi connectivity index (χ3v) is 2.21. The number of pyridine rings is 1. The van der Waals surface area contributed by atoms with Gasteiger partial charge in [0.15, 0.2) is 5.43 Å². The van der Waals surface area contributed by atoms with Gasteiger partial charge in [-0.15, -0.1) is 0 Å². The fourth-order valence-corrected chi connectivity index (χ4v) is 0.916. The van der Waals surface area contributed by atoms with E-state index in [2.05, 4.69) is 15.9 Å². The van der Waals surface area contributed by atoms with Crippen LogP contribution in [0.3, 0.4) is 0 Å². The first-order valence-corrected chi connectivity index (χ1v) is 3.49. The highest BCUT2D eigenvalue weighted by molar-refractivity contribution is 9.10. The number of nitrogens with zero attached hydrogens (tertiary/aromatic N) is 1. The zero-order valence-electron chi connectivity index (χ0n) is 5.34. The molecular weight excluding hydrogens is 198 g/mol. The summed E-state index contributed by atoms with van der Waals surface area (Å²) in [5, 5.41) is 8.97. The summed E-state index contributed by atoms with van der Waals surface area (Å²) in [4.78, 5) is 10.8. The van der Waals surface area contributed by atoms with E-state index >= 15 is 0 Å². The van der Waals surface area contributed by atoms with Crippen molar-refractivity contribution in [1.29, 1.82) is 0 Å². The highest BCUT2D eigenvalue weighted by Gasteiger charge is 2.00. The third kappa shape index (κ3) is 1.07. The van der Waals surface area contributed by atoms with Gasteiger partial charge >= 0.3 is 0 Å². The molecular formula is C6H6BrNO2. The fourth-order valence-electron chi connectivity index (χ4n) is 0.602. The van der Waals surface area contributed by atoms with Crippen molar-refractivity contribution >= 4 is 15.9 Å². The Balaban J connectivity index is 3.49. The second-order valence-corrected chi connectivity index (χ2v) is 2.72. The van der Waals surface area contributed by atoms with Crippen molar-refractivity contribution in [3.05, 3.63) is 32.7 Å². The summed E-state index contributed by atoms with van der Waals surface area (Å²) in [6.07, 6.45) is 1.31. The smallest absolute Gasteiger partial charge is 0.196 e. The minimum atomic E-state index is -0.122. The monoisotopic (exact) mass is 203 g/mol. The summed E-state index contributed by atoms with van der Waals surface area (Å²) < 4.78 is 1.29. The summed E-state index contributed by atoms with van der Waals surface area (Å²) in [7, 11) is 0. The maximum atomic E-state index is 10.8. The lowest BCUT2D eigenvalue weighted by Crippen LogP contribution is -2.08. The minimum absolute atomic E-state index is 0.122. The molecule has 0 spiro atoms. The Morgan fingerprint density at radius 1 is 1.70 bits per heavy atom. The molecule has 1 rings (SSSR count). The van der Waals surface area contributed by atoms with Gasteiger partial charge in [-0.25, -0.2) is 0 Å². The van der Waals surface area contributed by atoms with Crippen LogP contribution in [0.4, 0.5) is 0 Å². The molecule has 0 aliphatic heterocycles. The largest absolute Gasteiger partial charge is 0.429 e. The lowest BCUT2D eigenvalue weighted by molar-refractivity contribution is 0.176. The number of hydrogen-bond donors (Lipinski definition) is 1. The third-order valence-electron chi connectivity index (χ3n) is 1.24. The molecule has 1 heterocycles. The van der Waals surface area contributed by atoms with Gasteiger partial charge in [0.25, 0.3) is 0 Å². The Morgan fingerprint density at radius 2 is 2.30 bits per heavy atom. The van der Waals surface area contributed by atoms with E-state index in [1.165, 1.54) is 12.3 Å². The molecule has 0 saturated carbocycles. The summed E-state index contributed by atoms with van der Waals surface area (Å²) >= 11 is 3.04. The molecule has 0 aliphatic carbocycles. The van der Waals surface area contributed by atoms with Crippen LogP contribution in [0.25, 0.3) is 0 Å². The second kappa shape index (κ2) is 2.46. The van der Waals surface area contributed by atoms with Crippen LogP contribution in [0.5, 0.6) is 0 Å². The Labute approximate surface area is 66.0 Å². The van der Waals surface area contributed by atoms with Crippen LogP contribution in [-0.2, 0) is 0 Å². The minimum Gasteiger partial charge on any atom is -0.429 e. The van der Waals surface area contributed by atoms with Crippen LogP contribution in [0, 0.1) is 6.92 Å². The van der Waals surface area contributed by atoms with Crippen molar-refractivity contribution in [2.75, 3.05) is 0 Å². The second-order valence-electron chi connectivity index (χ2n) is 1.92. The highest BCUT2D eigenvalue weighted by atomic mass is 79.9. The number of rotatable bonds is 0. The van der Waals surface area contributed by atoms with Gasteiger partial charge < -0.3 is 5.21 Å². The lowest BCUT2D eigenvalue weighted by atomic mass is 10.4. The zero-order valence-corrected chi connectivity index (χ0v) is 6.92. The number of aromatic nitrogens is 1. The molecule has 1 aromatic rings. The average molecular weight is 204 g/mol. The van der Waals surface area contributed by atoms with E-state index in [1.54, 1.807) is 6.92 Å². The van der Waals surface area contributed by atoms with Gasteiger partial charge in [0, 0.05) is 12.3 Å². The van der Waals surface area contributed by atoms with Crippen LogP contribution in [0.2, 0.25) is 0 Å². The van der Waals surface area contributed by atoms with Crippen LogP contribution in [-0.4, -0.2) is 9.94 Å². The molecule has 0 bridgehead atoms. The quantitative estimate of drug-likeness (QED) is 0.644. The van der Waals surface area contributed by atoms with E-state index in [4.69, 9.17) is 5.21 Å². The van der Waals surface area contributed by atoms with Gasteiger partial charge in [0.2, 0.25) is 0 Å². The molecule has 1 N–H and O–H groups in total. The number of halogens is 1. The maximum Gasteiger partial charge on any atom is 0.196 e. The molecule has 0 fully saturated rings. The van der Waals surface area contributed by atoms with Crippen LogP contribution in [0.15, 0.2) is 21.5 Å². The first-order valence-electron chi connectivity index (χ1n) is 2.70. The van der Waals surface area contributed by atoms with E-state index in [-0.39, 0.29) is 5.43 Å². The van der Waals surface area contributed by atoms with Crippen molar-refractivity contribution in [1.82, 2.24) is 4.73 Å². The Bertz CT molecular complexity index is 305. The molecule has 0 amide bonds. The molecule has 0 unspecified atom stereocenters. The molecule has 10 heavy (non-hydrogen) atoms. The van der Waals surface area contributed by atoms with E-state index in [9.17, 15) is 4.79 Å². The molecule has 1 aromatic heterocycles. The summed E-state index contributed by atoms with van der Waals surface area (Å²) in [6.45, 7) is 1.64. The normalized spacial score (nSPS) is 9.80. The predicted octanol–water partition coefficient (Wildman–Crippen LogP) is 1.16. The predicted molar refractivity (Wildman–Crippen MR) is 40.3 cm³/mol. The summed E-state index contributed by atoms with van der Waals surface area (Å²) in [5.74, 6) is 0. The molecule has 0 atom stereocenters. The van der Waals surface area contributed by atoms with Crippen LogP contribution >= 0.6 is 15.9 Å². The van der Waals surface area contributed by atoms with Gasteiger partial charge in [-0.05, 0) is 22.9 Å². The van der Waals surface area contributed by atoms with Crippen LogP contribution in [0.1, 0.15) is 5.69 Å². The van der Waals surface area contributed by atoms with E-state index in [0.29, 0.717) is 10.2 Å². The average Bonchev–Trinajstić information content (AvgIpc) is 1.93. The summed E-state index contributed by atoms with van der Waals surface area (Å²) in [5.41, 5.74) is 0.385. The standard InChI is InChI=1S/C6H6BrNO2/c1-4-6(7)5(9)2-3-8(4)10/h2-3,10H,1H3. The Hall–Kier alpha value is -0.770. The lowest BCUT2D eigenvalue weighted by Gasteiger charge is -2.01. The topological polar surface area (TPSA) is 42.2 Å². The zero-order chi connectivity index (χ0) is 7.72. The first-order chi connectivity index (χ1) is 4.63. The van der Waals surface area contributed by atoms with Crippen molar-refractivity contribution in [3.8, 4) is 0 Å². The van der Waals surface area contributed by atoms with E-state index in [1.807, 2.05) is 0 Å². The molecule has 3 nitrogen and oxygen atoms in total. The Kier molecular flexibility index (Phi) is 1.80. The van der Waals surface area contributed by atoms with Gasteiger partial charge in [-0.3, -0.25) is 4.79 Å². The molecule has 0 saturated heterocycles. The SMILES string of the molecule is Cc1c(Br)c(=O)ccn1O. The van der Waals surface area contributed by atoms with Gasteiger partial charge in [-0.2, -0.15) is 4.73 Å². The van der Waals surface area contributed by atoms with Crippen LogP contribution < -0.4 is 5.43 Å². The highest BCUT2D eigenvalue weighted by Crippen LogP contribution is 2.07. The molecule has 0 aliphatic rings. The molecule has 0 radical (unpaired) electrons. The van der Waals surface area contributed by atoms with E-state index in [0.717, 1.165) is 4.73 Å². The van der Waals surface area contributed by atoms with Gasteiger partial charge in [-0.1, -0.05) is 0 Å². The fraction of sp³-hybridized carbons (Fsp3) is 0.167.